The predicted octanol–water partition coefficient (Wildman–Crippen LogP) is 2.58. The van der Waals surface area contributed by atoms with E-state index in [0.717, 1.165) is 16.8 Å². The summed E-state index contributed by atoms with van der Waals surface area (Å²) < 4.78 is 11.2. The molecule has 142 valence electrons. The normalized spacial score (nSPS) is 10.4. The van der Waals surface area contributed by atoms with E-state index in [-0.39, 0.29) is 17.6 Å². The number of ether oxygens (including phenoxy) is 2. The molecule has 0 bridgehead atoms. The Labute approximate surface area is 163 Å². The maximum atomic E-state index is 12.1. The first-order valence-corrected chi connectivity index (χ1v) is 8.74. The Balaban J connectivity index is 2.02. The maximum Gasteiger partial charge on any atom is 0.262 e. The van der Waals surface area contributed by atoms with Gasteiger partial charge in [0, 0.05) is 5.69 Å². The molecule has 27 heavy (non-hydrogen) atoms. The molecular weight excluding hydrogens is 364 g/mol. The lowest BCUT2D eigenvalue weighted by Gasteiger charge is -2.13. The van der Waals surface area contributed by atoms with Crippen LogP contribution in [-0.2, 0) is 4.79 Å². The lowest BCUT2D eigenvalue weighted by molar-refractivity contribution is -0.118. The zero-order valence-electron chi connectivity index (χ0n) is 15.2. The van der Waals surface area contributed by atoms with E-state index in [2.05, 4.69) is 28.1 Å². The Morgan fingerprint density at radius 1 is 1.22 bits per heavy atom. The highest BCUT2D eigenvalue weighted by Gasteiger charge is 2.10. The van der Waals surface area contributed by atoms with E-state index in [1.807, 2.05) is 38.1 Å². The van der Waals surface area contributed by atoms with Gasteiger partial charge in [0.2, 0.25) is 0 Å². The van der Waals surface area contributed by atoms with E-state index in [1.54, 1.807) is 24.4 Å². The van der Waals surface area contributed by atoms with Crippen LogP contribution in [0.2, 0.25) is 0 Å². The second-order valence-electron chi connectivity index (χ2n) is 5.53. The van der Waals surface area contributed by atoms with E-state index < -0.39 is 0 Å². The van der Waals surface area contributed by atoms with E-state index in [1.165, 1.54) is 0 Å². The Morgan fingerprint density at radius 3 is 2.70 bits per heavy atom. The van der Waals surface area contributed by atoms with Gasteiger partial charge >= 0.3 is 0 Å². The maximum absolute atomic E-state index is 12.1. The average molecular weight is 386 g/mol. The molecule has 0 aromatic heterocycles. The third-order valence-electron chi connectivity index (χ3n) is 3.43. The van der Waals surface area contributed by atoms with Gasteiger partial charge in [-0.15, -0.1) is 0 Å². The molecule has 8 heteroatoms. The van der Waals surface area contributed by atoms with Gasteiger partial charge in [0.15, 0.2) is 23.2 Å². The van der Waals surface area contributed by atoms with Gasteiger partial charge in [-0.3, -0.25) is 10.2 Å². The number of benzene rings is 2. The average Bonchev–Trinajstić information content (AvgIpc) is 2.63. The number of hydrazone groups is 1. The van der Waals surface area contributed by atoms with Crippen LogP contribution in [0.1, 0.15) is 18.1 Å². The van der Waals surface area contributed by atoms with Crippen LogP contribution >= 0.6 is 12.2 Å². The van der Waals surface area contributed by atoms with Crippen LogP contribution in [0.3, 0.4) is 0 Å². The van der Waals surface area contributed by atoms with E-state index >= 15 is 0 Å². The third-order valence-corrected chi connectivity index (χ3v) is 3.53. The standard InChI is InChI=1S/C19H22N4O3S/c1-3-25-17-10-14(11-21-23-19(20)27)8-9-16(17)26-12-18(24)22-15-7-5-4-6-13(15)2/h4-11H,3,12H2,1-2H3,(H,22,24)(H3,20,23,27). The molecule has 0 saturated carbocycles. The monoisotopic (exact) mass is 386 g/mol. The highest BCUT2D eigenvalue weighted by atomic mass is 32.1. The molecule has 0 atom stereocenters. The van der Waals surface area contributed by atoms with Crippen LogP contribution in [-0.4, -0.2) is 30.4 Å². The molecule has 2 rings (SSSR count). The quantitative estimate of drug-likeness (QED) is 0.366. The summed E-state index contributed by atoms with van der Waals surface area (Å²) in [5.41, 5.74) is 10.3. The van der Waals surface area contributed by atoms with Gasteiger partial charge < -0.3 is 20.5 Å². The second kappa shape index (κ2) is 10.1. The molecule has 4 N–H and O–H groups in total. The van der Waals surface area contributed by atoms with Crippen molar-refractivity contribution in [3.63, 3.8) is 0 Å². The summed E-state index contributed by atoms with van der Waals surface area (Å²) in [6, 6.07) is 12.8. The minimum absolute atomic E-state index is 0.0795. The van der Waals surface area contributed by atoms with Crippen molar-refractivity contribution in [2.24, 2.45) is 10.8 Å². The Kier molecular flexibility index (Phi) is 7.57. The summed E-state index contributed by atoms with van der Waals surface area (Å²) in [4.78, 5) is 12.1. The molecule has 2 aromatic rings. The summed E-state index contributed by atoms with van der Waals surface area (Å²) in [5.74, 6) is 0.731. The smallest absolute Gasteiger partial charge is 0.262 e. The van der Waals surface area contributed by atoms with Crippen molar-refractivity contribution in [2.75, 3.05) is 18.5 Å². The molecule has 0 saturated heterocycles. The number of amides is 1. The molecule has 0 aliphatic heterocycles. The highest BCUT2D eigenvalue weighted by Crippen LogP contribution is 2.28. The fourth-order valence-electron chi connectivity index (χ4n) is 2.21. The second-order valence-corrected chi connectivity index (χ2v) is 5.97. The van der Waals surface area contributed by atoms with Gasteiger partial charge in [-0.05, 0) is 61.5 Å². The van der Waals surface area contributed by atoms with Gasteiger partial charge in [0.25, 0.3) is 5.91 Å². The molecule has 7 nitrogen and oxygen atoms in total. The molecule has 0 spiro atoms. The van der Waals surface area contributed by atoms with Crippen molar-refractivity contribution in [3.05, 3.63) is 53.6 Å². The third kappa shape index (κ3) is 6.59. The van der Waals surface area contributed by atoms with Gasteiger partial charge in [-0.2, -0.15) is 5.10 Å². The van der Waals surface area contributed by atoms with Crippen molar-refractivity contribution >= 4 is 35.1 Å². The number of nitrogens with one attached hydrogen (secondary N) is 2. The van der Waals surface area contributed by atoms with Crippen LogP contribution in [0.25, 0.3) is 0 Å². The first kappa shape index (κ1) is 20.2. The van der Waals surface area contributed by atoms with Crippen molar-refractivity contribution in [2.45, 2.75) is 13.8 Å². The van der Waals surface area contributed by atoms with Crippen molar-refractivity contribution < 1.29 is 14.3 Å². The van der Waals surface area contributed by atoms with Crippen LogP contribution in [0.4, 0.5) is 5.69 Å². The summed E-state index contributed by atoms with van der Waals surface area (Å²) >= 11 is 4.68. The first-order valence-electron chi connectivity index (χ1n) is 8.33. The largest absolute Gasteiger partial charge is 0.490 e. The number of carbonyl (C=O) groups excluding carboxylic acids is 1. The van der Waals surface area contributed by atoms with Crippen LogP contribution < -0.4 is 25.9 Å². The number of nitrogens with two attached hydrogens (primary N) is 1. The fraction of sp³-hybridized carbons (Fsp3) is 0.211. The number of nitrogens with zero attached hydrogens (tertiary/aromatic N) is 1. The number of aryl methyl sites for hydroxylation is 1. The topological polar surface area (TPSA) is 98.0 Å². The lowest BCUT2D eigenvalue weighted by atomic mass is 10.2. The van der Waals surface area contributed by atoms with E-state index in [0.29, 0.717) is 18.1 Å². The molecule has 0 heterocycles. The number of anilines is 1. The van der Waals surface area contributed by atoms with Crippen LogP contribution in [0.5, 0.6) is 11.5 Å². The minimum atomic E-state index is -0.252. The summed E-state index contributed by atoms with van der Waals surface area (Å²) in [6.45, 7) is 4.11. The highest BCUT2D eigenvalue weighted by molar-refractivity contribution is 7.80. The number of hydrogen-bond donors (Lipinski definition) is 3. The molecule has 0 aliphatic carbocycles. The molecule has 1 amide bonds. The Hall–Kier alpha value is -3.13. The molecule has 0 radical (unpaired) electrons. The SMILES string of the molecule is CCOc1cc(C=NNC(N)=S)ccc1OCC(=O)Nc1ccccc1C. The Morgan fingerprint density at radius 2 is 2.00 bits per heavy atom. The molecule has 0 aliphatic rings. The molecular formula is C19H22N4O3S. The minimum Gasteiger partial charge on any atom is -0.490 e. The lowest BCUT2D eigenvalue weighted by Crippen LogP contribution is -2.24. The predicted molar refractivity (Wildman–Crippen MR) is 110 cm³/mol. The molecule has 2 aromatic carbocycles. The van der Waals surface area contributed by atoms with Gasteiger partial charge in [0.05, 0.1) is 12.8 Å². The molecule has 0 unspecified atom stereocenters. The summed E-state index contributed by atoms with van der Waals surface area (Å²) in [7, 11) is 0. The molecule has 0 fully saturated rings. The summed E-state index contributed by atoms with van der Waals surface area (Å²) in [5, 5.41) is 6.80. The number of rotatable bonds is 8. The van der Waals surface area contributed by atoms with E-state index in [9.17, 15) is 4.79 Å². The van der Waals surface area contributed by atoms with Crippen LogP contribution in [0.15, 0.2) is 47.6 Å². The Bertz CT molecular complexity index is 839. The number of thiocarbonyl (C=S) groups is 1. The van der Waals surface area contributed by atoms with Gasteiger partial charge in [0.1, 0.15) is 0 Å². The number of para-hydroxylation sites is 1. The van der Waals surface area contributed by atoms with Crippen molar-refractivity contribution in [1.82, 2.24) is 5.43 Å². The number of carbonyl (C=O) groups is 1. The van der Waals surface area contributed by atoms with Gasteiger partial charge in [-0.1, -0.05) is 18.2 Å². The zero-order chi connectivity index (χ0) is 19.6. The fourth-order valence-corrected chi connectivity index (χ4v) is 2.26. The first-order chi connectivity index (χ1) is 13.0. The number of hydrogen-bond acceptors (Lipinski definition) is 5. The van der Waals surface area contributed by atoms with Gasteiger partial charge in [-0.25, -0.2) is 0 Å². The van der Waals surface area contributed by atoms with Crippen molar-refractivity contribution in [3.8, 4) is 11.5 Å². The van der Waals surface area contributed by atoms with Crippen LogP contribution in [0, 0.1) is 6.92 Å². The zero-order valence-corrected chi connectivity index (χ0v) is 16.0. The summed E-state index contributed by atoms with van der Waals surface area (Å²) in [6.07, 6.45) is 1.55. The van der Waals surface area contributed by atoms with E-state index in [4.69, 9.17) is 15.2 Å². The van der Waals surface area contributed by atoms with Crippen molar-refractivity contribution in [1.29, 1.82) is 0 Å².